The summed E-state index contributed by atoms with van der Waals surface area (Å²) >= 11 is 0. The summed E-state index contributed by atoms with van der Waals surface area (Å²) in [7, 11) is 0. The smallest absolute Gasteiger partial charge is 0.274 e. The normalized spacial score (nSPS) is 23.2. The van der Waals surface area contributed by atoms with Gasteiger partial charge >= 0.3 is 0 Å². The molecule has 0 saturated carbocycles. The lowest BCUT2D eigenvalue weighted by molar-refractivity contribution is 0.0636. The van der Waals surface area contributed by atoms with E-state index in [2.05, 4.69) is 24.8 Å². The van der Waals surface area contributed by atoms with E-state index in [0.29, 0.717) is 17.5 Å². The van der Waals surface area contributed by atoms with Gasteiger partial charge in [-0.1, -0.05) is 0 Å². The Labute approximate surface area is 140 Å². The summed E-state index contributed by atoms with van der Waals surface area (Å²) in [6.45, 7) is 5.41. The highest BCUT2D eigenvalue weighted by atomic mass is 16.2. The summed E-state index contributed by atoms with van der Waals surface area (Å²) in [5.41, 5.74) is 1.49. The van der Waals surface area contributed by atoms with Crippen molar-refractivity contribution in [2.24, 2.45) is 11.8 Å². The first-order valence-corrected chi connectivity index (χ1v) is 8.29. The first kappa shape index (κ1) is 15.0. The monoisotopic (exact) mass is 324 g/mol. The number of hydrogen-bond acceptors (Lipinski definition) is 6. The number of nitrogens with zero attached hydrogens (tertiary/aromatic N) is 6. The third-order valence-corrected chi connectivity index (χ3v) is 4.92. The highest BCUT2D eigenvalue weighted by molar-refractivity contribution is 5.92. The molecule has 0 unspecified atom stereocenters. The zero-order chi connectivity index (χ0) is 16.5. The minimum atomic E-state index is -0.0217. The fourth-order valence-corrected chi connectivity index (χ4v) is 3.64. The van der Waals surface area contributed by atoms with Crippen molar-refractivity contribution in [3.05, 3.63) is 42.2 Å². The third kappa shape index (κ3) is 2.81. The van der Waals surface area contributed by atoms with Gasteiger partial charge in [0.05, 0.1) is 6.20 Å². The van der Waals surface area contributed by atoms with Gasteiger partial charge < -0.3 is 9.80 Å². The van der Waals surface area contributed by atoms with E-state index in [1.54, 1.807) is 12.4 Å². The first-order valence-electron chi connectivity index (χ1n) is 8.29. The molecular weight excluding hydrogens is 304 g/mol. The number of likely N-dealkylation sites (tertiary alicyclic amines) is 1. The average molecular weight is 324 g/mol. The van der Waals surface area contributed by atoms with Crippen molar-refractivity contribution >= 4 is 11.9 Å². The van der Waals surface area contributed by atoms with Gasteiger partial charge in [-0.25, -0.2) is 15.0 Å². The minimum Gasteiger partial charge on any atom is -0.340 e. The van der Waals surface area contributed by atoms with Crippen LogP contribution in [0.15, 0.2) is 31.0 Å². The fraction of sp³-hybridized carbons (Fsp3) is 0.471. The van der Waals surface area contributed by atoms with Crippen molar-refractivity contribution in [3.8, 4) is 0 Å². The van der Waals surface area contributed by atoms with Gasteiger partial charge in [0.1, 0.15) is 5.69 Å². The van der Waals surface area contributed by atoms with Crippen molar-refractivity contribution in [1.82, 2.24) is 24.8 Å². The molecule has 2 aliphatic rings. The Bertz CT molecular complexity index is 720. The molecule has 4 rings (SSSR count). The molecule has 7 heteroatoms. The molecule has 2 saturated heterocycles. The third-order valence-electron chi connectivity index (χ3n) is 4.92. The summed E-state index contributed by atoms with van der Waals surface area (Å²) in [4.78, 5) is 33.7. The predicted octanol–water partition coefficient (Wildman–Crippen LogP) is 1.17. The Morgan fingerprint density at radius 1 is 1.04 bits per heavy atom. The van der Waals surface area contributed by atoms with Crippen LogP contribution in [-0.4, -0.2) is 56.9 Å². The van der Waals surface area contributed by atoms with Crippen LogP contribution in [-0.2, 0) is 0 Å². The second-order valence-corrected chi connectivity index (χ2v) is 6.62. The Kier molecular flexibility index (Phi) is 3.84. The van der Waals surface area contributed by atoms with Gasteiger partial charge in [-0.3, -0.25) is 9.78 Å². The van der Waals surface area contributed by atoms with Gasteiger partial charge in [0, 0.05) is 51.0 Å². The fourth-order valence-electron chi connectivity index (χ4n) is 3.64. The van der Waals surface area contributed by atoms with Crippen molar-refractivity contribution in [2.45, 2.75) is 13.3 Å². The van der Waals surface area contributed by atoms with Crippen molar-refractivity contribution < 1.29 is 4.79 Å². The number of aromatic nitrogens is 4. The molecule has 7 nitrogen and oxygen atoms in total. The van der Waals surface area contributed by atoms with E-state index in [9.17, 15) is 4.79 Å². The van der Waals surface area contributed by atoms with Crippen LogP contribution in [0.1, 0.15) is 22.5 Å². The van der Waals surface area contributed by atoms with E-state index in [4.69, 9.17) is 0 Å². The second-order valence-electron chi connectivity index (χ2n) is 6.62. The first-order chi connectivity index (χ1) is 11.7. The van der Waals surface area contributed by atoms with E-state index in [1.165, 1.54) is 6.20 Å². The van der Waals surface area contributed by atoms with Gasteiger partial charge in [0.15, 0.2) is 0 Å². The Morgan fingerprint density at radius 2 is 1.83 bits per heavy atom. The number of amides is 1. The number of carbonyl (C=O) groups excluding carboxylic acids is 1. The van der Waals surface area contributed by atoms with Crippen LogP contribution in [0, 0.1) is 18.8 Å². The zero-order valence-corrected chi connectivity index (χ0v) is 13.7. The Morgan fingerprint density at radius 3 is 2.58 bits per heavy atom. The van der Waals surface area contributed by atoms with Crippen molar-refractivity contribution in [1.29, 1.82) is 0 Å². The molecule has 124 valence electrons. The zero-order valence-electron chi connectivity index (χ0n) is 13.7. The molecule has 2 fully saturated rings. The average Bonchev–Trinajstić information content (AvgIpc) is 3.05. The van der Waals surface area contributed by atoms with E-state index in [-0.39, 0.29) is 5.91 Å². The SMILES string of the molecule is Cc1cnc(N2C[C@H]3CCN(C(=O)c4cnccn4)C[C@@H]3C2)nc1. The summed E-state index contributed by atoms with van der Waals surface area (Å²) in [6, 6.07) is 0. The molecule has 2 aromatic heterocycles. The summed E-state index contributed by atoms with van der Waals surface area (Å²) in [6.07, 6.45) is 9.41. The standard InChI is InChI=1S/C17H20N6O/c1-12-6-20-17(21-7-12)23-9-13-2-5-22(10-14(13)11-23)16(24)15-8-18-3-4-19-15/h3-4,6-8,13-14H,2,5,9-11H2,1H3/t13-,14-/m1/s1. The number of piperidine rings is 1. The van der Waals surface area contributed by atoms with Crippen molar-refractivity contribution in [3.63, 3.8) is 0 Å². The van der Waals surface area contributed by atoms with Crippen LogP contribution in [0.3, 0.4) is 0 Å². The molecule has 0 spiro atoms. The number of aryl methyl sites for hydroxylation is 1. The molecule has 2 atom stereocenters. The molecule has 1 amide bonds. The van der Waals surface area contributed by atoms with Crippen LogP contribution < -0.4 is 4.90 Å². The number of anilines is 1. The van der Waals surface area contributed by atoms with Gasteiger partial charge in [-0.15, -0.1) is 0 Å². The largest absolute Gasteiger partial charge is 0.340 e. The minimum absolute atomic E-state index is 0.0217. The van der Waals surface area contributed by atoms with Crippen LogP contribution in [0.5, 0.6) is 0 Å². The van der Waals surface area contributed by atoms with Crippen LogP contribution in [0.25, 0.3) is 0 Å². The topological polar surface area (TPSA) is 75.1 Å². The van der Waals surface area contributed by atoms with E-state index in [0.717, 1.165) is 44.1 Å². The predicted molar refractivity (Wildman–Crippen MR) is 88.5 cm³/mol. The van der Waals surface area contributed by atoms with Crippen LogP contribution in [0.4, 0.5) is 5.95 Å². The quantitative estimate of drug-likeness (QED) is 0.825. The second kappa shape index (κ2) is 6.14. The maximum absolute atomic E-state index is 12.6. The maximum atomic E-state index is 12.6. The highest BCUT2D eigenvalue weighted by Crippen LogP contribution is 2.33. The number of carbonyl (C=O) groups is 1. The molecule has 4 heterocycles. The van der Waals surface area contributed by atoms with Crippen LogP contribution >= 0.6 is 0 Å². The van der Waals surface area contributed by atoms with E-state index >= 15 is 0 Å². The summed E-state index contributed by atoms with van der Waals surface area (Å²) in [5.74, 6) is 1.83. The number of rotatable bonds is 2. The molecule has 0 bridgehead atoms. The molecule has 0 radical (unpaired) electrons. The maximum Gasteiger partial charge on any atom is 0.274 e. The molecule has 24 heavy (non-hydrogen) atoms. The van der Waals surface area contributed by atoms with Gasteiger partial charge in [0.25, 0.3) is 5.91 Å². The van der Waals surface area contributed by atoms with Gasteiger partial charge in [-0.2, -0.15) is 0 Å². The lowest BCUT2D eigenvalue weighted by Gasteiger charge is -2.33. The Balaban J connectivity index is 1.44. The molecule has 2 aromatic rings. The van der Waals surface area contributed by atoms with Crippen LogP contribution in [0.2, 0.25) is 0 Å². The Hall–Kier alpha value is -2.57. The molecule has 0 N–H and O–H groups in total. The lowest BCUT2D eigenvalue weighted by atomic mass is 9.88. The van der Waals surface area contributed by atoms with Gasteiger partial charge in [-0.05, 0) is 30.7 Å². The molecule has 2 aliphatic heterocycles. The van der Waals surface area contributed by atoms with Gasteiger partial charge in [0.2, 0.25) is 5.95 Å². The lowest BCUT2D eigenvalue weighted by Crippen LogP contribution is -2.43. The van der Waals surface area contributed by atoms with Crippen molar-refractivity contribution in [2.75, 3.05) is 31.1 Å². The molecule has 0 aromatic carbocycles. The number of fused-ring (bicyclic) bond motifs is 1. The molecular formula is C17H20N6O. The summed E-state index contributed by atoms with van der Waals surface area (Å²) in [5, 5.41) is 0. The van der Waals surface area contributed by atoms with E-state index < -0.39 is 0 Å². The summed E-state index contributed by atoms with van der Waals surface area (Å²) < 4.78 is 0. The highest BCUT2D eigenvalue weighted by Gasteiger charge is 2.39. The number of hydrogen-bond donors (Lipinski definition) is 0. The van der Waals surface area contributed by atoms with E-state index in [1.807, 2.05) is 24.2 Å². The molecule has 0 aliphatic carbocycles.